The summed E-state index contributed by atoms with van der Waals surface area (Å²) in [4.78, 5) is 14.1. The van der Waals surface area contributed by atoms with Crippen molar-refractivity contribution in [3.63, 3.8) is 0 Å². The van der Waals surface area contributed by atoms with Crippen molar-refractivity contribution in [2.24, 2.45) is 5.92 Å². The molecule has 2 fully saturated rings. The van der Waals surface area contributed by atoms with Gasteiger partial charge in [0, 0.05) is 19.5 Å². The lowest BCUT2D eigenvalue weighted by atomic mass is 9.80. The molecule has 2 aliphatic heterocycles. The molecule has 0 unspecified atom stereocenters. The number of amides is 1. The Morgan fingerprint density at radius 1 is 1.24 bits per heavy atom. The molecule has 0 radical (unpaired) electrons. The van der Waals surface area contributed by atoms with Gasteiger partial charge >= 0.3 is 0 Å². The Balaban J connectivity index is 2.07. The summed E-state index contributed by atoms with van der Waals surface area (Å²) in [6.07, 6.45) is 1.75. The highest BCUT2D eigenvalue weighted by Gasteiger charge is 2.55. The number of piperidine rings is 2. The summed E-state index contributed by atoms with van der Waals surface area (Å²) in [6.45, 7) is 4.89. The number of aryl methyl sites for hydroxylation is 1. The fraction of sp³-hybridized carbons (Fsp3) is 0.562. The SMILES string of the molecule is Cc1ccc(S(=O)(=O)[C@]23CCCN(C2)C(=O)C[C@@H]3C)cc1. The van der Waals surface area contributed by atoms with Gasteiger partial charge in [-0.25, -0.2) is 8.42 Å². The molecule has 3 rings (SSSR count). The molecule has 0 aromatic heterocycles. The molecule has 2 aliphatic rings. The van der Waals surface area contributed by atoms with Crippen LogP contribution >= 0.6 is 0 Å². The molecule has 21 heavy (non-hydrogen) atoms. The van der Waals surface area contributed by atoms with Crippen LogP contribution in [-0.4, -0.2) is 37.1 Å². The van der Waals surface area contributed by atoms with Gasteiger partial charge in [0.1, 0.15) is 0 Å². The monoisotopic (exact) mass is 307 g/mol. The molecule has 5 heteroatoms. The van der Waals surface area contributed by atoms with Gasteiger partial charge < -0.3 is 4.90 Å². The van der Waals surface area contributed by atoms with E-state index in [9.17, 15) is 13.2 Å². The second kappa shape index (κ2) is 4.83. The second-order valence-corrected chi connectivity index (χ2v) is 8.70. The van der Waals surface area contributed by atoms with Crippen molar-refractivity contribution in [3.05, 3.63) is 29.8 Å². The molecular weight excluding hydrogens is 286 g/mol. The molecule has 0 N–H and O–H groups in total. The van der Waals surface area contributed by atoms with E-state index in [0.717, 1.165) is 12.0 Å². The molecule has 0 aliphatic carbocycles. The molecule has 2 atom stereocenters. The molecule has 1 aromatic rings. The predicted octanol–water partition coefficient (Wildman–Crippen LogP) is 2.17. The van der Waals surface area contributed by atoms with E-state index >= 15 is 0 Å². The van der Waals surface area contributed by atoms with E-state index < -0.39 is 14.6 Å². The quantitative estimate of drug-likeness (QED) is 0.841. The smallest absolute Gasteiger partial charge is 0.222 e. The first-order valence-corrected chi connectivity index (χ1v) is 8.94. The molecule has 0 saturated carbocycles. The Morgan fingerprint density at radius 2 is 1.90 bits per heavy atom. The van der Waals surface area contributed by atoms with Gasteiger partial charge in [-0.05, 0) is 37.8 Å². The molecule has 2 saturated heterocycles. The number of rotatable bonds is 2. The van der Waals surface area contributed by atoms with Crippen LogP contribution in [0, 0.1) is 12.8 Å². The molecule has 4 nitrogen and oxygen atoms in total. The van der Waals surface area contributed by atoms with Crippen LogP contribution in [0.4, 0.5) is 0 Å². The first-order valence-electron chi connectivity index (χ1n) is 7.46. The Kier molecular flexibility index (Phi) is 3.35. The van der Waals surface area contributed by atoms with Crippen LogP contribution in [0.5, 0.6) is 0 Å². The number of benzene rings is 1. The van der Waals surface area contributed by atoms with Crippen LogP contribution in [0.15, 0.2) is 29.2 Å². The Morgan fingerprint density at radius 3 is 2.57 bits per heavy atom. The molecule has 1 amide bonds. The van der Waals surface area contributed by atoms with E-state index in [2.05, 4.69) is 0 Å². The van der Waals surface area contributed by atoms with Gasteiger partial charge in [-0.2, -0.15) is 0 Å². The van der Waals surface area contributed by atoms with Gasteiger partial charge in [-0.1, -0.05) is 24.6 Å². The summed E-state index contributed by atoms with van der Waals surface area (Å²) in [5, 5.41) is 0. The van der Waals surface area contributed by atoms with Gasteiger partial charge in [0.15, 0.2) is 9.84 Å². The summed E-state index contributed by atoms with van der Waals surface area (Å²) < 4.78 is 25.6. The summed E-state index contributed by atoms with van der Waals surface area (Å²) in [7, 11) is -3.44. The van der Waals surface area contributed by atoms with E-state index in [-0.39, 0.29) is 11.8 Å². The fourth-order valence-electron chi connectivity index (χ4n) is 3.68. The summed E-state index contributed by atoms with van der Waals surface area (Å²) >= 11 is 0. The molecule has 114 valence electrons. The van der Waals surface area contributed by atoms with Crippen molar-refractivity contribution in [1.29, 1.82) is 0 Å². The van der Waals surface area contributed by atoms with Crippen molar-refractivity contribution in [3.8, 4) is 0 Å². The third-order valence-corrected chi connectivity index (χ3v) is 7.78. The number of nitrogens with zero attached hydrogens (tertiary/aromatic N) is 1. The minimum atomic E-state index is -3.44. The normalized spacial score (nSPS) is 29.5. The standard InChI is InChI=1S/C16H21NO3S/c1-12-4-6-14(7-5-12)21(19,20)16-8-3-9-17(11-16)15(18)10-13(16)2/h4-7,13H,3,8-11H2,1-2H3/t13-,16+/m0/s1. The Labute approximate surface area is 126 Å². The Bertz CT molecular complexity index is 665. The minimum Gasteiger partial charge on any atom is -0.341 e. The minimum absolute atomic E-state index is 0.0944. The average molecular weight is 307 g/mol. The first kappa shape index (κ1) is 14.6. The van der Waals surface area contributed by atoms with Crippen LogP contribution < -0.4 is 0 Å². The zero-order valence-corrected chi connectivity index (χ0v) is 13.3. The molecule has 2 heterocycles. The number of sulfone groups is 1. The summed E-state index contributed by atoms with van der Waals surface area (Å²) in [5.41, 5.74) is 1.04. The van der Waals surface area contributed by atoms with E-state index in [1.54, 1.807) is 17.0 Å². The Hall–Kier alpha value is -1.36. The number of carbonyl (C=O) groups is 1. The van der Waals surface area contributed by atoms with Gasteiger partial charge in [0.25, 0.3) is 0 Å². The number of fused-ring (bicyclic) bond motifs is 2. The number of hydrogen-bond donors (Lipinski definition) is 0. The van der Waals surface area contributed by atoms with Crippen molar-refractivity contribution in [2.45, 2.75) is 42.8 Å². The van der Waals surface area contributed by atoms with Crippen LogP contribution in [0.1, 0.15) is 31.7 Å². The molecule has 0 spiro atoms. The summed E-state index contributed by atoms with van der Waals surface area (Å²) in [6, 6.07) is 7.06. The van der Waals surface area contributed by atoms with Crippen LogP contribution in [0.25, 0.3) is 0 Å². The van der Waals surface area contributed by atoms with Crippen LogP contribution in [0.3, 0.4) is 0 Å². The molecule has 2 bridgehead atoms. The molecular formula is C16H21NO3S. The zero-order valence-electron chi connectivity index (χ0n) is 12.5. The second-order valence-electron chi connectivity index (χ2n) is 6.41. The van der Waals surface area contributed by atoms with E-state index in [4.69, 9.17) is 0 Å². The lowest BCUT2D eigenvalue weighted by molar-refractivity contribution is -0.138. The van der Waals surface area contributed by atoms with Crippen LogP contribution in [0.2, 0.25) is 0 Å². The zero-order chi connectivity index (χ0) is 15.3. The highest BCUT2D eigenvalue weighted by atomic mass is 32.2. The van der Waals surface area contributed by atoms with E-state index in [1.165, 1.54) is 0 Å². The van der Waals surface area contributed by atoms with Gasteiger partial charge in [0.05, 0.1) is 9.64 Å². The van der Waals surface area contributed by atoms with Gasteiger partial charge in [-0.15, -0.1) is 0 Å². The highest BCUT2D eigenvalue weighted by Crippen LogP contribution is 2.44. The van der Waals surface area contributed by atoms with Crippen molar-refractivity contribution < 1.29 is 13.2 Å². The fourth-order valence-corrected chi connectivity index (χ4v) is 5.99. The maximum absolute atomic E-state index is 13.2. The highest BCUT2D eigenvalue weighted by molar-refractivity contribution is 7.93. The predicted molar refractivity (Wildman–Crippen MR) is 80.7 cm³/mol. The lowest BCUT2D eigenvalue weighted by Crippen LogP contribution is -2.62. The summed E-state index contributed by atoms with van der Waals surface area (Å²) in [5.74, 6) is -0.0372. The third-order valence-electron chi connectivity index (χ3n) is 5.08. The van der Waals surface area contributed by atoms with Crippen molar-refractivity contribution in [2.75, 3.05) is 13.1 Å². The van der Waals surface area contributed by atoms with E-state index in [0.29, 0.717) is 30.8 Å². The first-order chi connectivity index (χ1) is 9.87. The third kappa shape index (κ3) is 2.09. The van der Waals surface area contributed by atoms with Gasteiger partial charge in [-0.3, -0.25) is 4.79 Å². The lowest BCUT2D eigenvalue weighted by Gasteiger charge is -2.49. The topological polar surface area (TPSA) is 54.5 Å². The maximum atomic E-state index is 13.2. The number of hydrogen-bond acceptors (Lipinski definition) is 3. The molecule has 1 aromatic carbocycles. The average Bonchev–Trinajstić information content (AvgIpc) is 2.46. The van der Waals surface area contributed by atoms with Crippen LogP contribution in [-0.2, 0) is 14.6 Å². The van der Waals surface area contributed by atoms with Crippen molar-refractivity contribution >= 4 is 15.7 Å². The van der Waals surface area contributed by atoms with Crippen molar-refractivity contribution in [1.82, 2.24) is 4.90 Å². The number of carbonyl (C=O) groups excluding carboxylic acids is 1. The van der Waals surface area contributed by atoms with E-state index in [1.807, 2.05) is 26.0 Å². The maximum Gasteiger partial charge on any atom is 0.222 e. The van der Waals surface area contributed by atoms with Gasteiger partial charge in [0.2, 0.25) is 5.91 Å². The largest absolute Gasteiger partial charge is 0.341 e.